The lowest BCUT2D eigenvalue weighted by atomic mass is 10.1. The molecule has 1 amide bonds. The lowest BCUT2D eigenvalue weighted by Crippen LogP contribution is -2.31. The Kier molecular flexibility index (Phi) is 7.69. The van der Waals surface area contributed by atoms with Crippen molar-refractivity contribution < 1.29 is 23.7 Å². The third-order valence-electron chi connectivity index (χ3n) is 5.05. The number of amides is 1. The van der Waals surface area contributed by atoms with Gasteiger partial charge in [-0.25, -0.2) is 0 Å². The van der Waals surface area contributed by atoms with Crippen LogP contribution in [0.1, 0.15) is 30.9 Å². The van der Waals surface area contributed by atoms with Gasteiger partial charge in [-0.1, -0.05) is 11.6 Å². The highest BCUT2D eigenvalue weighted by atomic mass is 35.5. The molecule has 0 N–H and O–H groups in total. The van der Waals surface area contributed by atoms with Gasteiger partial charge in [0.1, 0.15) is 11.5 Å². The minimum Gasteiger partial charge on any atom is -0.497 e. The first kappa shape index (κ1) is 22.8. The van der Waals surface area contributed by atoms with Crippen molar-refractivity contribution in [2.75, 3.05) is 27.9 Å². The van der Waals surface area contributed by atoms with E-state index >= 15 is 0 Å². The van der Waals surface area contributed by atoms with Crippen LogP contribution in [0.4, 0.5) is 0 Å². The van der Waals surface area contributed by atoms with Crippen molar-refractivity contribution in [2.45, 2.75) is 32.4 Å². The topological polar surface area (TPSA) is 57.2 Å². The number of hydrogen-bond donors (Lipinski definition) is 0. The van der Waals surface area contributed by atoms with Crippen molar-refractivity contribution in [3.05, 3.63) is 52.6 Å². The average Bonchev–Trinajstić information content (AvgIpc) is 3.61. The number of benzene rings is 2. The van der Waals surface area contributed by atoms with Crippen molar-refractivity contribution in [3.63, 3.8) is 0 Å². The smallest absolute Gasteiger partial charge is 0.247 e. The highest BCUT2D eigenvalue weighted by molar-refractivity contribution is 6.32. The molecule has 166 valence electrons. The molecule has 0 spiro atoms. The summed E-state index contributed by atoms with van der Waals surface area (Å²) in [6.45, 7) is 2.82. The van der Waals surface area contributed by atoms with Gasteiger partial charge in [0.25, 0.3) is 0 Å². The fraction of sp³-hybridized carbons (Fsp3) is 0.375. The number of ether oxygens (including phenoxy) is 4. The quantitative estimate of drug-likeness (QED) is 0.483. The molecule has 1 saturated carbocycles. The van der Waals surface area contributed by atoms with E-state index in [1.165, 1.54) is 0 Å². The zero-order chi connectivity index (χ0) is 22.4. The maximum absolute atomic E-state index is 13.1. The van der Waals surface area contributed by atoms with Crippen molar-refractivity contribution in [1.29, 1.82) is 0 Å². The van der Waals surface area contributed by atoms with E-state index in [0.717, 1.165) is 35.5 Å². The van der Waals surface area contributed by atoms with E-state index in [1.54, 1.807) is 39.5 Å². The van der Waals surface area contributed by atoms with Crippen LogP contribution in [0, 0.1) is 0 Å². The summed E-state index contributed by atoms with van der Waals surface area (Å²) in [5.41, 5.74) is 1.67. The molecule has 1 fully saturated rings. The van der Waals surface area contributed by atoms with Gasteiger partial charge in [-0.2, -0.15) is 0 Å². The molecule has 0 aliphatic heterocycles. The Morgan fingerprint density at radius 3 is 2.48 bits per heavy atom. The van der Waals surface area contributed by atoms with Gasteiger partial charge in [0.2, 0.25) is 5.91 Å². The molecule has 0 saturated heterocycles. The Morgan fingerprint density at radius 2 is 1.87 bits per heavy atom. The minimum absolute atomic E-state index is 0.0720. The largest absolute Gasteiger partial charge is 0.497 e. The van der Waals surface area contributed by atoms with Crippen LogP contribution < -0.4 is 18.9 Å². The van der Waals surface area contributed by atoms with Crippen LogP contribution in [0.3, 0.4) is 0 Å². The predicted octanol–water partition coefficient (Wildman–Crippen LogP) is 4.97. The number of rotatable bonds is 10. The molecule has 2 aromatic rings. The summed E-state index contributed by atoms with van der Waals surface area (Å²) < 4.78 is 21.7. The molecule has 0 atom stereocenters. The van der Waals surface area contributed by atoms with Crippen molar-refractivity contribution in [3.8, 4) is 23.0 Å². The van der Waals surface area contributed by atoms with Gasteiger partial charge in [0, 0.05) is 17.7 Å². The zero-order valence-corrected chi connectivity index (χ0v) is 19.1. The first-order chi connectivity index (χ1) is 15.0. The second-order valence-electron chi connectivity index (χ2n) is 7.18. The first-order valence-electron chi connectivity index (χ1n) is 10.2. The summed E-state index contributed by atoms with van der Waals surface area (Å²) in [6, 6.07) is 9.39. The van der Waals surface area contributed by atoms with E-state index in [2.05, 4.69) is 0 Å². The number of halogens is 1. The summed E-state index contributed by atoms with van der Waals surface area (Å²) in [5.74, 6) is 2.41. The fourth-order valence-electron chi connectivity index (χ4n) is 3.37. The maximum atomic E-state index is 13.1. The Bertz CT molecular complexity index is 955. The molecule has 0 aromatic heterocycles. The summed E-state index contributed by atoms with van der Waals surface area (Å²) in [6.07, 6.45) is 5.30. The molecule has 3 rings (SSSR count). The molecule has 0 radical (unpaired) electrons. The lowest BCUT2D eigenvalue weighted by molar-refractivity contribution is -0.127. The Morgan fingerprint density at radius 1 is 1.10 bits per heavy atom. The summed E-state index contributed by atoms with van der Waals surface area (Å²) >= 11 is 6.32. The van der Waals surface area contributed by atoms with Crippen LogP contribution in [0.2, 0.25) is 5.02 Å². The van der Waals surface area contributed by atoms with E-state index < -0.39 is 0 Å². The minimum atomic E-state index is -0.0720. The third kappa shape index (κ3) is 5.64. The summed E-state index contributed by atoms with van der Waals surface area (Å²) in [4.78, 5) is 14.9. The second-order valence-corrected chi connectivity index (χ2v) is 7.58. The van der Waals surface area contributed by atoms with Gasteiger partial charge in [0.05, 0.1) is 39.5 Å². The molecule has 0 heterocycles. The molecule has 7 heteroatoms. The van der Waals surface area contributed by atoms with Gasteiger partial charge >= 0.3 is 0 Å². The Hall–Kier alpha value is -2.86. The van der Waals surface area contributed by atoms with Crippen LogP contribution in [-0.2, 0) is 11.3 Å². The predicted molar refractivity (Wildman–Crippen MR) is 121 cm³/mol. The molecule has 31 heavy (non-hydrogen) atoms. The normalized spacial score (nSPS) is 13.2. The molecule has 0 unspecified atom stereocenters. The molecule has 6 nitrogen and oxygen atoms in total. The van der Waals surface area contributed by atoms with E-state index in [0.29, 0.717) is 29.7 Å². The molecule has 1 aliphatic rings. The molecular weight excluding hydrogens is 418 g/mol. The molecule has 0 bridgehead atoms. The van der Waals surface area contributed by atoms with E-state index in [1.807, 2.05) is 36.1 Å². The second kappa shape index (κ2) is 10.4. The molecule has 2 aromatic carbocycles. The van der Waals surface area contributed by atoms with Crippen molar-refractivity contribution >= 4 is 23.6 Å². The van der Waals surface area contributed by atoms with Crippen LogP contribution in [0.25, 0.3) is 6.08 Å². The number of carbonyl (C=O) groups excluding carboxylic acids is 1. The monoisotopic (exact) mass is 445 g/mol. The SMILES string of the molecule is CCOc1cc(/C=C/C(=O)N(Cc2cc(OC)ccc2OC)C2CC2)cc(Cl)c1OC. The number of hydrogen-bond acceptors (Lipinski definition) is 5. The van der Waals surface area contributed by atoms with Crippen molar-refractivity contribution in [2.24, 2.45) is 0 Å². The number of methoxy groups -OCH3 is 3. The fourth-order valence-corrected chi connectivity index (χ4v) is 3.67. The van der Waals surface area contributed by atoms with Crippen LogP contribution >= 0.6 is 11.6 Å². The van der Waals surface area contributed by atoms with Crippen molar-refractivity contribution in [1.82, 2.24) is 4.90 Å². The third-order valence-corrected chi connectivity index (χ3v) is 5.33. The first-order valence-corrected chi connectivity index (χ1v) is 10.6. The highest BCUT2D eigenvalue weighted by Gasteiger charge is 2.32. The zero-order valence-electron chi connectivity index (χ0n) is 18.3. The lowest BCUT2D eigenvalue weighted by Gasteiger charge is -2.22. The van der Waals surface area contributed by atoms with Gasteiger partial charge in [-0.15, -0.1) is 0 Å². The van der Waals surface area contributed by atoms with Gasteiger partial charge < -0.3 is 23.8 Å². The van der Waals surface area contributed by atoms with Gasteiger partial charge in [-0.3, -0.25) is 4.79 Å². The highest BCUT2D eigenvalue weighted by Crippen LogP contribution is 2.37. The Labute approximate surface area is 188 Å². The van der Waals surface area contributed by atoms with Crippen LogP contribution in [0.5, 0.6) is 23.0 Å². The van der Waals surface area contributed by atoms with E-state index in [4.69, 9.17) is 30.5 Å². The number of carbonyl (C=O) groups is 1. The molecular formula is C24H28ClNO5. The van der Waals surface area contributed by atoms with Crippen LogP contribution in [-0.4, -0.2) is 44.8 Å². The number of nitrogens with zero attached hydrogens (tertiary/aromatic N) is 1. The summed E-state index contributed by atoms with van der Waals surface area (Å²) in [7, 11) is 4.79. The van der Waals surface area contributed by atoms with Crippen LogP contribution in [0.15, 0.2) is 36.4 Å². The Balaban J connectivity index is 1.81. The average molecular weight is 446 g/mol. The summed E-state index contributed by atoms with van der Waals surface area (Å²) in [5, 5.41) is 0.431. The van der Waals surface area contributed by atoms with Gasteiger partial charge in [0.15, 0.2) is 11.5 Å². The maximum Gasteiger partial charge on any atom is 0.247 e. The molecule has 1 aliphatic carbocycles. The van der Waals surface area contributed by atoms with Gasteiger partial charge in [-0.05, 0) is 61.7 Å². The van der Waals surface area contributed by atoms with E-state index in [-0.39, 0.29) is 11.9 Å². The van der Waals surface area contributed by atoms with E-state index in [9.17, 15) is 4.79 Å². The standard InChI is InChI=1S/C24H28ClNO5/c1-5-31-22-13-16(12-20(25)24(22)30-4)6-11-23(27)26(18-7-8-18)15-17-14-19(28-2)9-10-21(17)29-3/h6,9-14,18H,5,7-8,15H2,1-4H3/b11-6+.